The summed E-state index contributed by atoms with van der Waals surface area (Å²) in [4.78, 5) is 27.5. The highest BCUT2D eigenvalue weighted by molar-refractivity contribution is 6.07. The Bertz CT molecular complexity index is 802. The van der Waals surface area contributed by atoms with Gasteiger partial charge in [0, 0.05) is 38.0 Å². The number of likely N-dealkylation sites (tertiary alicyclic amines) is 1. The molecule has 28 heavy (non-hydrogen) atoms. The number of hydrogen-bond donors (Lipinski definition) is 1. The average Bonchev–Trinajstić information content (AvgIpc) is 2.90. The zero-order chi connectivity index (χ0) is 20.5. The lowest BCUT2D eigenvalue weighted by molar-refractivity contribution is -0.150. The van der Waals surface area contributed by atoms with Gasteiger partial charge in [-0.15, -0.1) is 0 Å². The maximum Gasteiger partial charge on any atom is 0.335 e. The van der Waals surface area contributed by atoms with E-state index in [0.717, 1.165) is 25.2 Å². The van der Waals surface area contributed by atoms with Crippen molar-refractivity contribution in [2.24, 2.45) is 0 Å². The van der Waals surface area contributed by atoms with E-state index >= 15 is 0 Å². The number of alkyl halides is 1. The van der Waals surface area contributed by atoms with Gasteiger partial charge in [-0.25, -0.2) is 9.18 Å². The van der Waals surface area contributed by atoms with Crippen molar-refractivity contribution >= 4 is 11.9 Å². The van der Waals surface area contributed by atoms with Gasteiger partial charge in [-0.3, -0.25) is 4.79 Å². The van der Waals surface area contributed by atoms with Crippen molar-refractivity contribution in [1.82, 2.24) is 10.2 Å². The van der Waals surface area contributed by atoms with Crippen LogP contribution in [-0.2, 0) is 26.5 Å². The van der Waals surface area contributed by atoms with Gasteiger partial charge in [0.1, 0.15) is 11.3 Å². The van der Waals surface area contributed by atoms with E-state index in [-0.39, 0.29) is 12.5 Å². The predicted octanol–water partition coefficient (Wildman–Crippen LogP) is 3.24. The topological polar surface area (TPSA) is 58.6 Å². The number of nitrogens with zero attached hydrogens (tertiary/aromatic N) is 1. The number of benzene rings is 1. The van der Waals surface area contributed by atoms with Crippen LogP contribution in [0.2, 0.25) is 0 Å². The number of esters is 1. The minimum absolute atomic E-state index is 0.269. The number of rotatable bonds is 5. The van der Waals surface area contributed by atoms with E-state index in [4.69, 9.17) is 4.74 Å². The highest BCUT2D eigenvalue weighted by atomic mass is 19.1. The predicted molar refractivity (Wildman–Crippen MR) is 105 cm³/mol. The van der Waals surface area contributed by atoms with Crippen molar-refractivity contribution in [2.45, 2.75) is 58.4 Å². The summed E-state index contributed by atoms with van der Waals surface area (Å²) in [6.45, 7) is 9.56. The molecule has 0 saturated carbocycles. The van der Waals surface area contributed by atoms with Crippen molar-refractivity contribution in [3.05, 3.63) is 46.5 Å². The maximum absolute atomic E-state index is 14.2. The van der Waals surface area contributed by atoms with E-state index < -0.39 is 17.2 Å². The fourth-order valence-corrected chi connectivity index (χ4v) is 4.03. The number of hydrogen-bond acceptors (Lipinski definition) is 4. The van der Waals surface area contributed by atoms with Gasteiger partial charge in [0.05, 0.1) is 5.57 Å². The van der Waals surface area contributed by atoms with Crippen molar-refractivity contribution < 1.29 is 18.7 Å². The number of carbonyl (C=O) groups excluding carboxylic acids is 2. The van der Waals surface area contributed by atoms with Crippen LogP contribution in [0.1, 0.15) is 51.7 Å². The van der Waals surface area contributed by atoms with Crippen LogP contribution >= 0.6 is 0 Å². The Morgan fingerprint density at radius 1 is 1.32 bits per heavy atom. The molecular weight excluding hydrogens is 359 g/mol. The van der Waals surface area contributed by atoms with E-state index in [2.05, 4.69) is 17.1 Å². The van der Waals surface area contributed by atoms with Crippen LogP contribution in [0.15, 0.2) is 35.4 Å². The fourth-order valence-electron chi connectivity index (χ4n) is 4.03. The monoisotopic (exact) mass is 388 g/mol. The minimum Gasteiger partial charge on any atom is -0.450 e. The van der Waals surface area contributed by atoms with Crippen molar-refractivity contribution in [2.75, 3.05) is 19.6 Å². The first-order chi connectivity index (χ1) is 13.2. The summed E-state index contributed by atoms with van der Waals surface area (Å²) in [5, 5.41) is 2.90. The Balaban J connectivity index is 1.75. The van der Waals surface area contributed by atoms with Crippen LogP contribution in [0.4, 0.5) is 4.39 Å². The second-order valence-electron chi connectivity index (χ2n) is 8.17. The second-order valence-corrected chi connectivity index (χ2v) is 8.17. The van der Waals surface area contributed by atoms with Gasteiger partial charge in [-0.05, 0) is 38.4 Å². The van der Waals surface area contributed by atoms with Gasteiger partial charge >= 0.3 is 5.97 Å². The molecule has 1 aromatic carbocycles. The van der Waals surface area contributed by atoms with Crippen LogP contribution in [0.3, 0.4) is 0 Å². The summed E-state index contributed by atoms with van der Waals surface area (Å²) in [6, 6.07) is 7.13. The average molecular weight is 388 g/mol. The molecule has 6 heteroatoms. The number of piperidine rings is 1. The molecule has 0 aromatic heterocycles. The smallest absolute Gasteiger partial charge is 0.335 e. The molecule has 1 spiro atoms. The Morgan fingerprint density at radius 3 is 2.61 bits per heavy atom. The molecule has 1 fully saturated rings. The lowest BCUT2D eigenvalue weighted by Gasteiger charge is -2.39. The lowest BCUT2D eigenvalue weighted by atomic mass is 9.82. The van der Waals surface area contributed by atoms with E-state index in [9.17, 15) is 14.0 Å². The first kappa shape index (κ1) is 20.5. The first-order valence-corrected chi connectivity index (χ1v) is 9.90. The normalized spacial score (nSPS) is 19.8. The number of ether oxygens (including phenoxy) is 1. The summed E-state index contributed by atoms with van der Waals surface area (Å²) in [6.07, 6.45) is 1.25. The van der Waals surface area contributed by atoms with E-state index in [1.54, 1.807) is 25.1 Å². The molecule has 0 atom stereocenters. The van der Waals surface area contributed by atoms with Gasteiger partial charge in [0.15, 0.2) is 0 Å². The van der Waals surface area contributed by atoms with Gasteiger partial charge in [-0.1, -0.05) is 31.2 Å². The van der Waals surface area contributed by atoms with Crippen LogP contribution in [0, 0.1) is 0 Å². The Kier molecular flexibility index (Phi) is 5.62. The largest absolute Gasteiger partial charge is 0.450 e. The third-order valence-electron chi connectivity index (χ3n) is 5.83. The maximum atomic E-state index is 14.2. The molecule has 1 N–H and O–H groups in total. The fraction of sp³-hybridized carbons (Fsp3) is 0.545. The van der Waals surface area contributed by atoms with E-state index in [1.165, 1.54) is 13.8 Å². The summed E-state index contributed by atoms with van der Waals surface area (Å²) in [7, 11) is 0. The molecule has 0 bridgehead atoms. The van der Waals surface area contributed by atoms with Gasteiger partial charge in [-0.2, -0.15) is 0 Å². The molecule has 1 amide bonds. The molecule has 1 aromatic rings. The summed E-state index contributed by atoms with van der Waals surface area (Å²) in [5.41, 5.74) is -0.0364. The molecule has 2 aliphatic heterocycles. The van der Waals surface area contributed by atoms with Gasteiger partial charge in [0.2, 0.25) is 0 Å². The number of amides is 1. The molecule has 152 valence electrons. The molecule has 2 aliphatic rings. The summed E-state index contributed by atoms with van der Waals surface area (Å²) in [5.74, 6) is -0.686. The molecule has 0 unspecified atom stereocenters. The van der Waals surface area contributed by atoms with Crippen molar-refractivity contribution in [3.63, 3.8) is 0 Å². The second kappa shape index (κ2) is 7.66. The molecule has 3 rings (SSSR count). The van der Waals surface area contributed by atoms with Crippen LogP contribution in [0.5, 0.6) is 0 Å². The molecule has 5 nitrogen and oxygen atoms in total. The SMILES string of the molecule is CCN1CCC2(CC1)OC(=O)C(C)=C2C(=O)NCc1cccc(C(C)(C)F)c1. The Labute approximate surface area is 165 Å². The van der Waals surface area contributed by atoms with Crippen LogP contribution in [0.25, 0.3) is 0 Å². The van der Waals surface area contributed by atoms with E-state index in [0.29, 0.717) is 29.6 Å². The number of nitrogens with one attached hydrogen (secondary N) is 1. The van der Waals surface area contributed by atoms with Gasteiger partial charge in [0.25, 0.3) is 5.91 Å². The van der Waals surface area contributed by atoms with Crippen LogP contribution < -0.4 is 5.32 Å². The molecular formula is C22H29FN2O3. The highest BCUT2D eigenvalue weighted by Gasteiger charge is 2.50. The third-order valence-corrected chi connectivity index (χ3v) is 5.83. The lowest BCUT2D eigenvalue weighted by Crippen LogP contribution is -2.48. The Hall–Kier alpha value is -2.21. The Morgan fingerprint density at radius 2 is 2.00 bits per heavy atom. The summed E-state index contributed by atoms with van der Waals surface area (Å²) >= 11 is 0. The highest BCUT2D eigenvalue weighted by Crippen LogP contribution is 2.41. The van der Waals surface area contributed by atoms with Crippen molar-refractivity contribution in [3.8, 4) is 0 Å². The zero-order valence-electron chi connectivity index (χ0n) is 17.1. The standard InChI is InChI=1S/C22H29FN2O3/c1-5-25-11-9-22(10-12-25)18(15(2)20(27)28-22)19(26)24-14-16-7-6-8-17(13-16)21(3,4)23/h6-8,13H,5,9-12,14H2,1-4H3,(H,24,26). The van der Waals surface area contributed by atoms with Gasteiger partial charge < -0.3 is 15.0 Å². The zero-order valence-corrected chi connectivity index (χ0v) is 17.1. The molecule has 0 aliphatic carbocycles. The third kappa shape index (κ3) is 3.97. The van der Waals surface area contributed by atoms with Crippen LogP contribution in [-0.4, -0.2) is 42.0 Å². The summed E-state index contributed by atoms with van der Waals surface area (Å²) < 4.78 is 19.9. The quantitative estimate of drug-likeness (QED) is 0.787. The number of carbonyl (C=O) groups is 2. The molecule has 1 saturated heterocycles. The number of halogens is 1. The molecule has 2 heterocycles. The first-order valence-electron chi connectivity index (χ1n) is 9.90. The molecule has 0 radical (unpaired) electrons. The minimum atomic E-state index is -1.44. The van der Waals surface area contributed by atoms with E-state index in [1.807, 2.05) is 6.07 Å². The van der Waals surface area contributed by atoms with Crippen molar-refractivity contribution in [1.29, 1.82) is 0 Å².